The van der Waals surface area contributed by atoms with Crippen LogP contribution in [0.3, 0.4) is 0 Å². The van der Waals surface area contributed by atoms with Crippen molar-refractivity contribution in [2.24, 2.45) is 5.92 Å². The molecule has 1 aliphatic rings. The Labute approximate surface area is 171 Å². The summed E-state index contributed by atoms with van der Waals surface area (Å²) in [6.07, 6.45) is 1.42. The molecule has 2 aromatic rings. The van der Waals surface area contributed by atoms with Crippen molar-refractivity contribution in [3.05, 3.63) is 60.2 Å². The molecule has 1 aliphatic heterocycles. The fraction of sp³-hybridized carbons (Fsp3) is 0.375. The SMILES string of the molecule is CCOC(=O)[C@H](C)CC(Cc1ccc(-c2ccccc2)cc1)N1C(=O)CCC1=O. The molecule has 2 aromatic carbocycles. The first-order valence-corrected chi connectivity index (χ1v) is 10.2. The molecule has 0 saturated carbocycles. The lowest BCUT2D eigenvalue weighted by atomic mass is 9.94. The molecule has 1 fully saturated rings. The average Bonchev–Trinajstić information content (AvgIpc) is 3.07. The monoisotopic (exact) mass is 393 g/mol. The maximum absolute atomic E-state index is 12.3. The van der Waals surface area contributed by atoms with Gasteiger partial charge in [-0.2, -0.15) is 0 Å². The van der Waals surface area contributed by atoms with Crippen LogP contribution in [0.1, 0.15) is 38.7 Å². The van der Waals surface area contributed by atoms with E-state index in [1.165, 1.54) is 4.90 Å². The fourth-order valence-corrected chi connectivity index (χ4v) is 3.81. The number of ether oxygens (including phenoxy) is 1. The van der Waals surface area contributed by atoms with E-state index in [0.717, 1.165) is 16.7 Å². The fourth-order valence-electron chi connectivity index (χ4n) is 3.81. The van der Waals surface area contributed by atoms with Crippen LogP contribution in [-0.2, 0) is 25.5 Å². The van der Waals surface area contributed by atoms with Crippen LogP contribution in [0, 0.1) is 5.92 Å². The van der Waals surface area contributed by atoms with E-state index >= 15 is 0 Å². The third kappa shape index (κ3) is 5.11. The maximum Gasteiger partial charge on any atom is 0.308 e. The molecule has 5 nitrogen and oxygen atoms in total. The zero-order chi connectivity index (χ0) is 20.8. The highest BCUT2D eigenvalue weighted by molar-refractivity contribution is 6.02. The second kappa shape index (κ2) is 9.50. The summed E-state index contributed by atoms with van der Waals surface area (Å²) in [5, 5.41) is 0. The van der Waals surface area contributed by atoms with Gasteiger partial charge in [0.05, 0.1) is 12.5 Å². The molecule has 1 heterocycles. The van der Waals surface area contributed by atoms with Crippen LogP contribution in [0.4, 0.5) is 0 Å². The van der Waals surface area contributed by atoms with Crippen molar-refractivity contribution < 1.29 is 19.1 Å². The summed E-state index contributed by atoms with van der Waals surface area (Å²) in [5.41, 5.74) is 3.27. The molecular formula is C24H27NO4. The van der Waals surface area contributed by atoms with Gasteiger partial charge in [-0.1, -0.05) is 61.5 Å². The van der Waals surface area contributed by atoms with Crippen molar-refractivity contribution in [3.63, 3.8) is 0 Å². The number of esters is 1. The zero-order valence-electron chi connectivity index (χ0n) is 17.0. The van der Waals surface area contributed by atoms with E-state index in [-0.39, 0.29) is 42.6 Å². The van der Waals surface area contributed by atoms with Crippen molar-refractivity contribution in [1.29, 1.82) is 0 Å². The van der Waals surface area contributed by atoms with Crippen molar-refractivity contribution in [1.82, 2.24) is 4.90 Å². The molecule has 0 N–H and O–H groups in total. The van der Waals surface area contributed by atoms with Crippen molar-refractivity contribution in [3.8, 4) is 11.1 Å². The topological polar surface area (TPSA) is 63.7 Å². The molecule has 2 atom stereocenters. The van der Waals surface area contributed by atoms with Crippen LogP contribution in [-0.4, -0.2) is 35.3 Å². The summed E-state index contributed by atoms with van der Waals surface area (Å²) < 4.78 is 5.11. The molecular weight excluding hydrogens is 366 g/mol. The highest BCUT2D eigenvalue weighted by atomic mass is 16.5. The van der Waals surface area contributed by atoms with E-state index in [1.54, 1.807) is 13.8 Å². The second-order valence-electron chi connectivity index (χ2n) is 7.47. The number of rotatable bonds is 8. The minimum atomic E-state index is -0.384. The predicted molar refractivity (Wildman–Crippen MR) is 111 cm³/mol. The van der Waals surface area contributed by atoms with Gasteiger partial charge in [0.15, 0.2) is 0 Å². The van der Waals surface area contributed by atoms with E-state index in [1.807, 2.05) is 42.5 Å². The Morgan fingerprint density at radius 1 is 0.966 bits per heavy atom. The van der Waals surface area contributed by atoms with Gasteiger partial charge in [-0.3, -0.25) is 19.3 Å². The molecule has 0 radical (unpaired) electrons. The molecule has 3 rings (SSSR count). The Hall–Kier alpha value is -2.95. The second-order valence-corrected chi connectivity index (χ2v) is 7.47. The molecule has 0 aliphatic carbocycles. The van der Waals surface area contributed by atoms with Crippen LogP contribution in [0.5, 0.6) is 0 Å². The molecule has 5 heteroatoms. The molecule has 29 heavy (non-hydrogen) atoms. The summed E-state index contributed by atoms with van der Waals surface area (Å²) in [6, 6.07) is 17.9. The number of hydrogen-bond acceptors (Lipinski definition) is 4. The summed E-state index contributed by atoms with van der Waals surface area (Å²) in [5.74, 6) is -0.991. The number of imide groups is 1. The predicted octanol–water partition coefficient (Wildman–Crippen LogP) is 4.00. The van der Waals surface area contributed by atoms with Gasteiger partial charge in [0.1, 0.15) is 0 Å². The van der Waals surface area contributed by atoms with E-state index in [0.29, 0.717) is 19.4 Å². The first-order chi connectivity index (χ1) is 14.0. The number of hydrogen-bond donors (Lipinski definition) is 0. The maximum atomic E-state index is 12.3. The number of amides is 2. The van der Waals surface area contributed by atoms with Gasteiger partial charge >= 0.3 is 5.97 Å². The zero-order valence-corrected chi connectivity index (χ0v) is 17.0. The number of nitrogens with zero attached hydrogens (tertiary/aromatic N) is 1. The van der Waals surface area contributed by atoms with Crippen LogP contribution in [0.15, 0.2) is 54.6 Å². The third-order valence-electron chi connectivity index (χ3n) is 5.30. The summed E-state index contributed by atoms with van der Waals surface area (Å²) >= 11 is 0. The molecule has 1 saturated heterocycles. The van der Waals surface area contributed by atoms with E-state index in [2.05, 4.69) is 12.1 Å². The lowest BCUT2D eigenvalue weighted by molar-refractivity contribution is -0.150. The number of benzene rings is 2. The number of likely N-dealkylation sites (tertiary alicyclic amines) is 1. The van der Waals surface area contributed by atoms with Gasteiger partial charge in [0.25, 0.3) is 0 Å². The van der Waals surface area contributed by atoms with E-state index in [9.17, 15) is 14.4 Å². The minimum absolute atomic E-state index is 0.156. The van der Waals surface area contributed by atoms with Gasteiger partial charge in [-0.25, -0.2) is 0 Å². The van der Waals surface area contributed by atoms with Crippen molar-refractivity contribution in [2.75, 3.05) is 6.61 Å². The molecule has 1 unspecified atom stereocenters. The summed E-state index contributed by atoms with van der Waals surface area (Å²) in [7, 11) is 0. The van der Waals surface area contributed by atoms with Crippen LogP contribution >= 0.6 is 0 Å². The Morgan fingerprint density at radius 3 is 2.14 bits per heavy atom. The quantitative estimate of drug-likeness (QED) is 0.502. The normalized spacial score (nSPS) is 16.0. The van der Waals surface area contributed by atoms with Crippen LogP contribution in [0.25, 0.3) is 11.1 Å². The van der Waals surface area contributed by atoms with Gasteiger partial charge < -0.3 is 4.74 Å². The number of carbonyl (C=O) groups excluding carboxylic acids is 3. The van der Waals surface area contributed by atoms with Gasteiger partial charge in [-0.05, 0) is 36.5 Å². The highest BCUT2D eigenvalue weighted by Gasteiger charge is 2.36. The standard InChI is InChI=1S/C24H27NO4/c1-3-29-24(28)17(2)15-21(25-22(26)13-14-23(25)27)16-18-9-11-20(12-10-18)19-7-5-4-6-8-19/h4-12,17,21H,3,13-16H2,1-2H3/t17-,21?/m1/s1. The first-order valence-electron chi connectivity index (χ1n) is 10.2. The molecule has 0 spiro atoms. The highest BCUT2D eigenvalue weighted by Crippen LogP contribution is 2.25. The summed E-state index contributed by atoms with van der Waals surface area (Å²) in [4.78, 5) is 38.1. The van der Waals surface area contributed by atoms with Crippen molar-refractivity contribution >= 4 is 17.8 Å². The Morgan fingerprint density at radius 2 is 1.55 bits per heavy atom. The molecule has 152 valence electrons. The lowest BCUT2D eigenvalue weighted by Crippen LogP contribution is -2.42. The van der Waals surface area contributed by atoms with E-state index in [4.69, 9.17) is 4.74 Å². The van der Waals surface area contributed by atoms with E-state index < -0.39 is 0 Å². The van der Waals surface area contributed by atoms with Crippen LogP contribution in [0.2, 0.25) is 0 Å². The molecule has 0 bridgehead atoms. The Bertz CT molecular complexity index is 844. The van der Waals surface area contributed by atoms with Crippen molar-refractivity contribution in [2.45, 2.75) is 45.6 Å². The van der Waals surface area contributed by atoms with Gasteiger partial charge in [-0.15, -0.1) is 0 Å². The average molecular weight is 393 g/mol. The third-order valence-corrected chi connectivity index (χ3v) is 5.30. The van der Waals surface area contributed by atoms with Crippen LogP contribution < -0.4 is 0 Å². The molecule has 0 aromatic heterocycles. The number of carbonyl (C=O) groups is 3. The lowest BCUT2D eigenvalue weighted by Gasteiger charge is -2.28. The summed E-state index contributed by atoms with van der Waals surface area (Å²) in [6.45, 7) is 3.87. The minimum Gasteiger partial charge on any atom is -0.466 e. The first kappa shape index (κ1) is 20.8. The Kier molecular flexibility index (Phi) is 6.81. The van der Waals surface area contributed by atoms with Gasteiger partial charge in [0, 0.05) is 18.9 Å². The molecule has 2 amide bonds. The largest absolute Gasteiger partial charge is 0.466 e. The van der Waals surface area contributed by atoms with Gasteiger partial charge in [0.2, 0.25) is 11.8 Å². The smallest absolute Gasteiger partial charge is 0.308 e. The Balaban J connectivity index is 1.78.